The van der Waals surface area contributed by atoms with Crippen LogP contribution >= 0.6 is 0 Å². The van der Waals surface area contributed by atoms with E-state index in [1.807, 2.05) is 24.3 Å². The molecule has 2 aromatic carbocycles. The van der Waals surface area contributed by atoms with Gasteiger partial charge < -0.3 is 9.64 Å². The minimum Gasteiger partial charge on any atom is -0.495 e. The lowest BCUT2D eigenvalue weighted by molar-refractivity contribution is 0.0985. The zero-order valence-electron chi connectivity index (χ0n) is 16.6. The van der Waals surface area contributed by atoms with E-state index < -0.39 is 10.0 Å². The Labute approximate surface area is 171 Å². The molecule has 1 saturated carbocycles. The number of aryl methyl sites for hydroxylation is 1. The maximum Gasteiger partial charge on any atom is 0.258 e. The first kappa shape index (κ1) is 19.9. The molecule has 0 bridgehead atoms. The van der Waals surface area contributed by atoms with E-state index in [9.17, 15) is 13.2 Å². The van der Waals surface area contributed by atoms with Gasteiger partial charge in [-0.3, -0.25) is 4.79 Å². The normalized spacial score (nSPS) is 17.2. The van der Waals surface area contributed by atoms with Crippen molar-refractivity contribution >= 4 is 21.6 Å². The van der Waals surface area contributed by atoms with Crippen LogP contribution < -0.4 is 14.4 Å². The molecule has 0 saturated heterocycles. The van der Waals surface area contributed by atoms with Gasteiger partial charge in [0.2, 0.25) is 10.0 Å². The number of hydrogen-bond donors (Lipinski definition) is 1. The fourth-order valence-electron chi connectivity index (χ4n) is 4.25. The second-order valence-electron chi connectivity index (χ2n) is 7.66. The van der Waals surface area contributed by atoms with Crippen molar-refractivity contribution in [3.8, 4) is 5.75 Å². The van der Waals surface area contributed by atoms with Gasteiger partial charge in [0.25, 0.3) is 5.91 Å². The summed E-state index contributed by atoms with van der Waals surface area (Å²) < 4.78 is 34.1. The number of carbonyl (C=O) groups excluding carboxylic acids is 1. The predicted molar refractivity (Wildman–Crippen MR) is 112 cm³/mol. The lowest BCUT2D eigenvalue weighted by atomic mass is 10.0. The van der Waals surface area contributed by atoms with Crippen molar-refractivity contribution in [2.75, 3.05) is 18.6 Å². The maximum absolute atomic E-state index is 13.3. The summed E-state index contributed by atoms with van der Waals surface area (Å²) in [5.41, 5.74) is 2.37. The molecule has 7 heteroatoms. The molecule has 0 unspecified atom stereocenters. The smallest absolute Gasteiger partial charge is 0.258 e. The predicted octanol–water partition coefficient (Wildman–Crippen LogP) is 3.51. The number of anilines is 1. The molecule has 2 aromatic rings. The van der Waals surface area contributed by atoms with Crippen LogP contribution in [0, 0.1) is 0 Å². The molecule has 0 atom stereocenters. The molecule has 1 N–H and O–H groups in total. The van der Waals surface area contributed by atoms with Crippen molar-refractivity contribution in [1.82, 2.24) is 4.72 Å². The first-order valence-electron chi connectivity index (χ1n) is 10.1. The summed E-state index contributed by atoms with van der Waals surface area (Å²) in [6, 6.07) is 12.4. The Bertz CT molecular complexity index is 1010. The standard InChI is InChI=1S/C22H26N2O4S/c1-28-20-13-12-17(15-21(20)29(26,27)23-18-9-3-4-10-18)22(25)24-14-6-8-16-7-2-5-11-19(16)24/h2,5,7,11-13,15,18,23H,3-4,6,8-10,14H2,1H3. The van der Waals surface area contributed by atoms with Gasteiger partial charge in [-0.25, -0.2) is 13.1 Å². The number of hydrogen-bond acceptors (Lipinski definition) is 4. The molecular weight excluding hydrogens is 388 g/mol. The zero-order chi connectivity index (χ0) is 20.4. The summed E-state index contributed by atoms with van der Waals surface area (Å²) in [6.07, 6.45) is 5.55. The molecule has 1 fully saturated rings. The Kier molecular flexibility index (Phi) is 5.61. The lowest BCUT2D eigenvalue weighted by Crippen LogP contribution is -2.36. The summed E-state index contributed by atoms with van der Waals surface area (Å²) in [4.78, 5) is 15.0. The summed E-state index contributed by atoms with van der Waals surface area (Å²) in [7, 11) is -2.34. The number of nitrogens with zero attached hydrogens (tertiary/aromatic N) is 1. The van der Waals surface area contributed by atoms with Crippen LogP contribution in [-0.2, 0) is 16.4 Å². The molecule has 1 aliphatic carbocycles. The third-order valence-electron chi connectivity index (χ3n) is 5.73. The average Bonchev–Trinajstić information content (AvgIpc) is 3.24. The maximum atomic E-state index is 13.3. The van der Waals surface area contributed by atoms with Gasteiger partial charge >= 0.3 is 0 Å². The third-order valence-corrected chi connectivity index (χ3v) is 7.27. The van der Waals surface area contributed by atoms with E-state index in [1.165, 1.54) is 13.2 Å². The van der Waals surface area contributed by atoms with Crippen molar-refractivity contribution in [2.24, 2.45) is 0 Å². The van der Waals surface area contributed by atoms with E-state index in [0.29, 0.717) is 12.1 Å². The first-order valence-corrected chi connectivity index (χ1v) is 11.6. The highest BCUT2D eigenvalue weighted by Gasteiger charge is 2.28. The molecule has 0 spiro atoms. The Morgan fingerprint density at radius 3 is 2.62 bits per heavy atom. The number of carbonyl (C=O) groups is 1. The molecule has 6 nitrogen and oxygen atoms in total. The van der Waals surface area contributed by atoms with Gasteiger partial charge in [0.1, 0.15) is 10.6 Å². The van der Waals surface area contributed by atoms with Gasteiger partial charge in [0.05, 0.1) is 7.11 Å². The number of sulfonamides is 1. The highest BCUT2D eigenvalue weighted by molar-refractivity contribution is 7.89. The number of methoxy groups -OCH3 is 1. The largest absolute Gasteiger partial charge is 0.495 e. The van der Waals surface area contributed by atoms with Gasteiger partial charge in [0, 0.05) is 23.8 Å². The molecular formula is C22H26N2O4S. The number of rotatable bonds is 5. The van der Waals surface area contributed by atoms with E-state index in [-0.39, 0.29) is 22.6 Å². The molecule has 4 rings (SSSR count). The van der Waals surface area contributed by atoms with Gasteiger partial charge in [-0.1, -0.05) is 31.0 Å². The second-order valence-corrected chi connectivity index (χ2v) is 9.34. The minimum atomic E-state index is -3.78. The SMILES string of the molecule is COc1ccc(C(=O)N2CCCc3ccccc32)cc1S(=O)(=O)NC1CCCC1. The van der Waals surface area contributed by atoms with Crippen LogP contribution in [0.1, 0.15) is 48.0 Å². The number of ether oxygens (including phenoxy) is 1. The van der Waals surface area contributed by atoms with Crippen LogP contribution in [-0.4, -0.2) is 34.0 Å². The Morgan fingerprint density at radius 2 is 1.86 bits per heavy atom. The molecule has 1 amide bonds. The number of nitrogens with one attached hydrogen (secondary N) is 1. The van der Waals surface area contributed by atoms with Crippen molar-refractivity contribution in [3.63, 3.8) is 0 Å². The van der Waals surface area contributed by atoms with E-state index in [4.69, 9.17) is 4.74 Å². The molecule has 1 aliphatic heterocycles. The van der Waals surface area contributed by atoms with E-state index in [2.05, 4.69) is 4.72 Å². The average molecular weight is 415 g/mol. The summed E-state index contributed by atoms with van der Waals surface area (Å²) in [5, 5.41) is 0. The molecule has 154 valence electrons. The van der Waals surface area contributed by atoms with E-state index in [1.54, 1.807) is 17.0 Å². The quantitative estimate of drug-likeness (QED) is 0.812. The Balaban J connectivity index is 1.67. The second kappa shape index (κ2) is 8.16. The van der Waals surface area contributed by atoms with Crippen LogP contribution in [0.25, 0.3) is 0 Å². The third kappa shape index (κ3) is 4.02. The molecule has 0 radical (unpaired) electrons. The van der Waals surface area contributed by atoms with Gasteiger partial charge in [0.15, 0.2) is 0 Å². The van der Waals surface area contributed by atoms with Gasteiger partial charge in [-0.2, -0.15) is 0 Å². The number of amides is 1. The van der Waals surface area contributed by atoms with Crippen LogP contribution in [0.15, 0.2) is 47.4 Å². The van der Waals surface area contributed by atoms with Crippen LogP contribution in [0.4, 0.5) is 5.69 Å². The summed E-state index contributed by atoms with van der Waals surface area (Å²) >= 11 is 0. The van der Waals surface area contributed by atoms with E-state index >= 15 is 0 Å². The van der Waals surface area contributed by atoms with Crippen LogP contribution in [0.5, 0.6) is 5.75 Å². The number of para-hydroxylation sites is 1. The fourth-order valence-corrected chi connectivity index (χ4v) is 5.75. The van der Waals surface area contributed by atoms with Crippen molar-refractivity contribution < 1.29 is 17.9 Å². The summed E-state index contributed by atoms with van der Waals surface area (Å²) in [5.74, 6) is 0.0446. The highest BCUT2D eigenvalue weighted by Crippen LogP contribution is 2.31. The molecule has 0 aromatic heterocycles. The van der Waals surface area contributed by atoms with Crippen molar-refractivity contribution in [2.45, 2.75) is 49.5 Å². The van der Waals surface area contributed by atoms with E-state index in [0.717, 1.165) is 49.8 Å². The Hall–Kier alpha value is -2.38. The number of fused-ring (bicyclic) bond motifs is 1. The summed E-state index contributed by atoms with van der Waals surface area (Å²) in [6.45, 7) is 0.615. The highest BCUT2D eigenvalue weighted by atomic mass is 32.2. The van der Waals surface area contributed by atoms with Gasteiger partial charge in [-0.05, 0) is 55.5 Å². The Morgan fingerprint density at radius 1 is 1.10 bits per heavy atom. The monoisotopic (exact) mass is 414 g/mol. The molecule has 2 aliphatic rings. The van der Waals surface area contributed by atoms with Crippen molar-refractivity contribution in [1.29, 1.82) is 0 Å². The van der Waals surface area contributed by atoms with Gasteiger partial charge in [-0.15, -0.1) is 0 Å². The molecule has 1 heterocycles. The molecule has 29 heavy (non-hydrogen) atoms. The fraction of sp³-hybridized carbons (Fsp3) is 0.409. The lowest BCUT2D eigenvalue weighted by Gasteiger charge is -2.29. The topological polar surface area (TPSA) is 75.7 Å². The van der Waals surface area contributed by atoms with Crippen molar-refractivity contribution in [3.05, 3.63) is 53.6 Å². The first-order chi connectivity index (χ1) is 14.0. The minimum absolute atomic E-state index is 0.0167. The van der Waals surface area contributed by atoms with Crippen LogP contribution in [0.2, 0.25) is 0 Å². The number of benzene rings is 2. The van der Waals surface area contributed by atoms with Crippen LogP contribution in [0.3, 0.4) is 0 Å². The zero-order valence-corrected chi connectivity index (χ0v) is 17.4.